The second-order valence-electron chi connectivity index (χ2n) is 2.89. The molecular weight excluding hydrogens is 350 g/mol. The number of carbonyl (C=O) groups is 1. The lowest BCUT2D eigenvalue weighted by molar-refractivity contribution is -0.0498. The van der Waals surface area contributed by atoms with Crippen molar-refractivity contribution in [3.63, 3.8) is 0 Å². The van der Waals surface area contributed by atoms with Crippen LogP contribution in [0.5, 0.6) is 5.75 Å². The fourth-order valence-electron chi connectivity index (χ4n) is 1.08. The van der Waals surface area contributed by atoms with Crippen LogP contribution in [-0.4, -0.2) is 22.6 Å². The minimum absolute atomic E-state index is 0.0184. The highest BCUT2D eigenvalue weighted by Gasteiger charge is 2.16. The molecule has 1 rings (SSSR count). The number of hydrogen-bond donors (Lipinski definition) is 0. The summed E-state index contributed by atoms with van der Waals surface area (Å²) in [5.74, 6) is -0.202. The normalized spacial score (nSPS) is 12.6. The maximum Gasteiger partial charge on any atom is 0.387 e. The molecule has 1 aromatic rings. The third kappa shape index (κ3) is 3.83. The van der Waals surface area contributed by atoms with Crippen LogP contribution in [0.4, 0.5) is 8.78 Å². The molecule has 0 aliphatic heterocycles. The van der Waals surface area contributed by atoms with E-state index in [1.807, 2.05) is 0 Å². The van der Waals surface area contributed by atoms with Gasteiger partial charge in [0.05, 0.1) is 4.83 Å². The van der Waals surface area contributed by atoms with E-state index >= 15 is 0 Å². The number of ketones is 1. The van der Waals surface area contributed by atoms with Gasteiger partial charge in [0.1, 0.15) is 5.75 Å². The van der Waals surface area contributed by atoms with Gasteiger partial charge in [0, 0.05) is 10.9 Å². The van der Waals surface area contributed by atoms with E-state index in [4.69, 9.17) is 0 Å². The lowest BCUT2D eigenvalue weighted by Gasteiger charge is -2.08. The maximum atomic E-state index is 12.0. The Bertz CT molecular complexity index is 372. The van der Waals surface area contributed by atoms with E-state index in [9.17, 15) is 13.6 Å². The summed E-state index contributed by atoms with van der Waals surface area (Å²) in [6.07, 6.45) is 0. The van der Waals surface area contributed by atoms with Gasteiger partial charge in [0.25, 0.3) is 0 Å². The van der Waals surface area contributed by atoms with Crippen molar-refractivity contribution >= 4 is 37.6 Å². The molecule has 0 radical (unpaired) electrons. The average Bonchev–Trinajstić information content (AvgIpc) is 2.26. The smallest absolute Gasteiger partial charge is 0.387 e. The van der Waals surface area contributed by atoms with Crippen molar-refractivity contribution in [1.82, 2.24) is 0 Å². The van der Waals surface area contributed by atoms with Gasteiger partial charge >= 0.3 is 6.61 Å². The molecule has 0 amide bonds. The van der Waals surface area contributed by atoms with Crippen LogP contribution in [0.2, 0.25) is 0 Å². The number of carbonyl (C=O) groups excluding carboxylic acids is 1. The summed E-state index contributed by atoms with van der Waals surface area (Å²) in [4.78, 5) is 11.3. The highest BCUT2D eigenvalue weighted by atomic mass is 79.9. The fourth-order valence-corrected chi connectivity index (χ4v) is 1.63. The molecule has 0 aliphatic carbocycles. The van der Waals surface area contributed by atoms with Crippen LogP contribution in [0.3, 0.4) is 0 Å². The first-order valence-corrected chi connectivity index (χ1v) is 6.37. The zero-order valence-corrected chi connectivity index (χ0v) is 11.2. The van der Waals surface area contributed by atoms with Gasteiger partial charge in [0.2, 0.25) is 0 Å². The number of halogens is 4. The van der Waals surface area contributed by atoms with Crippen LogP contribution in [0.25, 0.3) is 0 Å². The second-order valence-corrected chi connectivity index (χ2v) is 4.65. The van der Waals surface area contributed by atoms with E-state index in [0.717, 1.165) is 0 Å². The van der Waals surface area contributed by atoms with Gasteiger partial charge in [-0.05, 0) is 12.1 Å². The molecule has 0 N–H and O–H groups in total. The van der Waals surface area contributed by atoms with Gasteiger partial charge in [-0.1, -0.05) is 44.0 Å². The van der Waals surface area contributed by atoms with Crippen molar-refractivity contribution in [3.05, 3.63) is 29.8 Å². The number of rotatable bonds is 5. The zero-order chi connectivity index (χ0) is 12.1. The van der Waals surface area contributed by atoms with Gasteiger partial charge in [-0.2, -0.15) is 8.78 Å². The zero-order valence-electron chi connectivity index (χ0n) is 8.00. The van der Waals surface area contributed by atoms with Crippen molar-refractivity contribution in [1.29, 1.82) is 0 Å². The van der Waals surface area contributed by atoms with Crippen LogP contribution in [0.1, 0.15) is 10.4 Å². The summed E-state index contributed by atoms with van der Waals surface area (Å²) >= 11 is 6.32. The first kappa shape index (κ1) is 13.6. The lowest BCUT2D eigenvalue weighted by Crippen LogP contribution is -2.15. The van der Waals surface area contributed by atoms with Crippen LogP contribution in [-0.2, 0) is 0 Å². The van der Waals surface area contributed by atoms with Crippen molar-refractivity contribution in [2.45, 2.75) is 11.4 Å². The third-order valence-corrected chi connectivity index (χ3v) is 4.02. The topological polar surface area (TPSA) is 26.3 Å². The summed E-state index contributed by atoms with van der Waals surface area (Å²) in [5, 5.41) is 0.450. The highest BCUT2D eigenvalue weighted by molar-refractivity contribution is 9.12. The summed E-state index contributed by atoms with van der Waals surface area (Å²) in [7, 11) is 0. The Morgan fingerprint density at radius 2 is 2.12 bits per heavy atom. The molecule has 88 valence electrons. The minimum Gasteiger partial charge on any atom is -0.435 e. The molecule has 0 aliphatic rings. The number of alkyl halides is 4. The molecule has 0 heterocycles. The van der Waals surface area contributed by atoms with Gasteiger partial charge in [-0.15, -0.1) is 0 Å². The van der Waals surface area contributed by atoms with Crippen molar-refractivity contribution in [2.75, 3.05) is 5.33 Å². The predicted molar refractivity (Wildman–Crippen MR) is 63.9 cm³/mol. The Hall–Kier alpha value is -0.490. The summed E-state index contributed by atoms with van der Waals surface area (Å²) in [6.45, 7) is -2.89. The first-order chi connectivity index (χ1) is 7.54. The first-order valence-electron chi connectivity index (χ1n) is 4.33. The van der Waals surface area contributed by atoms with Crippen LogP contribution in [0.15, 0.2) is 24.3 Å². The summed E-state index contributed by atoms with van der Waals surface area (Å²) in [6, 6.07) is 5.72. The molecule has 6 heteroatoms. The Morgan fingerprint density at radius 1 is 1.44 bits per heavy atom. The van der Waals surface area contributed by atoms with E-state index in [-0.39, 0.29) is 16.4 Å². The van der Waals surface area contributed by atoms with Crippen LogP contribution in [0, 0.1) is 0 Å². The molecule has 2 nitrogen and oxygen atoms in total. The van der Waals surface area contributed by atoms with Gasteiger partial charge in [-0.25, -0.2) is 0 Å². The molecule has 0 saturated carbocycles. The quantitative estimate of drug-likeness (QED) is 0.594. The standard InChI is InChI=1S/C10H8Br2F2O2/c11-5-8(12)9(15)6-2-1-3-7(4-6)16-10(13)14/h1-4,8,10H,5H2. The van der Waals surface area contributed by atoms with E-state index < -0.39 is 6.61 Å². The molecule has 0 spiro atoms. The van der Waals surface area contributed by atoms with Crippen LogP contribution >= 0.6 is 31.9 Å². The van der Waals surface area contributed by atoms with E-state index in [1.54, 1.807) is 6.07 Å². The monoisotopic (exact) mass is 356 g/mol. The van der Waals surface area contributed by atoms with Crippen LogP contribution < -0.4 is 4.74 Å². The Balaban J connectivity index is 2.85. The number of Topliss-reactive ketones (excluding diaryl/α,β-unsaturated/α-hetero) is 1. The SMILES string of the molecule is O=C(c1cccc(OC(F)F)c1)C(Br)CBr. The Labute approximate surface area is 108 Å². The predicted octanol–water partition coefficient (Wildman–Crippen LogP) is 3.63. The van der Waals surface area contributed by atoms with E-state index in [1.165, 1.54) is 18.2 Å². The molecular formula is C10H8Br2F2O2. The van der Waals surface area contributed by atoms with Crippen molar-refractivity contribution in [2.24, 2.45) is 0 Å². The number of benzene rings is 1. The molecule has 0 bridgehead atoms. The van der Waals surface area contributed by atoms with Gasteiger partial charge in [0.15, 0.2) is 5.78 Å². The average molecular weight is 358 g/mol. The van der Waals surface area contributed by atoms with E-state index in [2.05, 4.69) is 36.6 Å². The molecule has 1 atom stereocenters. The minimum atomic E-state index is -2.89. The molecule has 16 heavy (non-hydrogen) atoms. The molecule has 0 aromatic heterocycles. The Morgan fingerprint density at radius 3 is 2.69 bits per heavy atom. The number of ether oxygens (including phenoxy) is 1. The fraction of sp³-hybridized carbons (Fsp3) is 0.300. The van der Waals surface area contributed by atoms with Crippen molar-refractivity contribution < 1.29 is 18.3 Å². The largest absolute Gasteiger partial charge is 0.435 e. The van der Waals surface area contributed by atoms with Crippen molar-refractivity contribution in [3.8, 4) is 5.75 Å². The Kier molecular flexibility index (Phi) is 5.34. The van der Waals surface area contributed by atoms with Gasteiger partial charge < -0.3 is 4.74 Å². The molecule has 1 aromatic carbocycles. The molecule has 0 fully saturated rings. The third-order valence-electron chi connectivity index (χ3n) is 1.76. The lowest BCUT2D eigenvalue weighted by atomic mass is 10.1. The maximum absolute atomic E-state index is 12.0. The summed E-state index contributed by atoms with van der Waals surface area (Å²) < 4.78 is 28.1. The highest BCUT2D eigenvalue weighted by Crippen LogP contribution is 2.19. The summed E-state index contributed by atoms with van der Waals surface area (Å²) in [5.41, 5.74) is 0.333. The van der Waals surface area contributed by atoms with E-state index in [0.29, 0.717) is 10.9 Å². The molecule has 0 saturated heterocycles. The van der Waals surface area contributed by atoms with Gasteiger partial charge in [-0.3, -0.25) is 4.79 Å². The number of hydrogen-bond acceptors (Lipinski definition) is 2. The second kappa shape index (κ2) is 6.30. The molecule has 1 unspecified atom stereocenters.